The summed E-state index contributed by atoms with van der Waals surface area (Å²) in [5, 5.41) is 14.8. The van der Waals surface area contributed by atoms with Gasteiger partial charge >= 0.3 is 0 Å². The van der Waals surface area contributed by atoms with Crippen molar-refractivity contribution >= 4 is 44.8 Å². The number of oxime groups is 1. The summed E-state index contributed by atoms with van der Waals surface area (Å²) in [6.07, 6.45) is -0.0717. The molecule has 1 saturated heterocycles. The van der Waals surface area contributed by atoms with Gasteiger partial charge in [0.25, 0.3) is 5.69 Å². The summed E-state index contributed by atoms with van der Waals surface area (Å²) in [5.41, 5.74) is 0.00484. The van der Waals surface area contributed by atoms with Crippen molar-refractivity contribution in [2.24, 2.45) is 10.6 Å². The fraction of sp³-hybridized carbons (Fsp3) is 0.167. The summed E-state index contributed by atoms with van der Waals surface area (Å²) in [4.78, 5) is 42.5. The van der Waals surface area contributed by atoms with E-state index in [9.17, 15) is 19.7 Å². The zero-order valence-corrected chi connectivity index (χ0v) is 15.4. The van der Waals surface area contributed by atoms with Crippen molar-refractivity contribution < 1.29 is 19.3 Å². The van der Waals surface area contributed by atoms with Gasteiger partial charge in [-0.3, -0.25) is 19.7 Å². The number of anilines is 1. The molecule has 0 aliphatic carbocycles. The molecule has 2 aliphatic heterocycles. The van der Waals surface area contributed by atoms with Crippen LogP contribution in [-0.2, 0) is 14.4 Å². The molecule has 0 saturated carbocycles. The Morgan fingerprint density at radius 2 is 1.78 bits per heavy atom. The molecule has 136 valence electrons. The lowest BCUT2D eigenvalue weighted by molar-refractivity contribution is -0.384. The number of nitro groups is 1. The van der Waals surface area contributed by atoms with Gasteiger partial charge in [0.2, 0.25) is 11.8 Å². The fourth-order valence-corrected chi connectivity index (χ4v) is 3.59. The Hall–Kier alpha value is -3.07. The number of nitro benzene ring substituents is 1. The molecule has 2 aromatic rings. The fourth-order valence-electron chi connectivity index (χ4n) is 3.32. The van der Waals surface area contributed by atoms with Crippen LogP contribution in [0, 0.1) is 15.5 Å². The summed E-state index contributed by atoms with van der Waals surface area (Å²) in [7, 11) is 0. The number of halogens is 1. The van der Waals surface area contributed by atoms with Gasteiger partial charge < -0.3 is 4.84 Å². The van der Waals surface area contributed by atoms with Crippen LogP contribution >= 0.6 is 15.9 Å². The highest BCUT2D eigenvalue weighted by atomic mass is 79.9. The molecule has 8 nitrogen and oxygen atoms in total. The van der Waals surface area contributed by atoms with E-state index in [1.165, 1.54) is 24.3 Å². The van der Waals surface area contributed by atoms with E-state index in [0.29, 0.717) is 17.0 Å². The average Bonchev–Trinajstić information content (AvgIpc) is 3.18. The van der Waals surface area contributed by atoms with Gasteiger partial charge in [0.1, 0.15) is 17.7 Å². The lowest BCUT2D eigenvalue weighted by Gasteiger charge is -2.21. The molecule has 2 aromatic carbocycles. The van der Waals surface area contributed by atoms with Crippen LogP contribution in [0.25, 0.3) is 0 Å². The van der Waals surface area contributed by atoms with Gasteiger partial charge in [-0.05, 0) is 36.4 Å². The van der Waals surface area contributed by atoms with E-state index in [4.69, 9.17) is 4.84 Å². The number of carbonyl (C=O) groups is 2. The largest absolute Gasteiger partial charge is 0.394 e. The van der Waals surface area contributed by atoms with Gasteiger partial charge in [-0.1, -0.05) is 21.1 Å². The van der Waals surface area contributed by atoms with Crippen LogP contribution in [0.15, 0.2) is 58.2 Å². The second-order valence-electron chi connectivity index (χ2n) is 6.29. The number of carbonyl (C=O) groups excluding carboxylic acids is 2. The number of imide groups is 1. The van der Waals surface area contributed by atoms with E-state index in [-0.39, 0.29) is 24.6 Å². The Balaban J connectivity index is 1.71. The first kappa shape index (κ1) is 17.3. The van der Waals surface area contributed by atoms with Crippen LogP contribution in [0.2, 0.25) is 0 Å². The third kappa shape index (κ3) is 2.71. The Kier molecular flexibility index (Phi) is 4.03. The number of hydrogen-bond acceptors (Lipinski definition) is 6. The summed E-state index contributed by atoms with van der Waals surface area (Å²) in [6.45, 7) is -0.0447. The average molecular weight is 430 g/mol. The van der Waals surface area contributed by atoms with Gasteiger partial charge in [0.15, 0.2) is 0 Å². The number of amides is 2. The number of rotatable bonds is 3. The van der Waals surface area contributed by atoms with Gasteiger partial charge in [-0.2, -0.15) is 0 Å². The topological polar surface area (TPSA) is 102 Å². The van der Waals surface area contributed by atoms with Gasteiger partial charge in [0, 0.05) is 22.2 Å². The maximum Gasteiger partial charge on any atom is 0.269 e. The Labute approximate surface area is 161 Å². The Morgan fingerprint density at radius 3 is 2.41 bits per heavy atom. The number of nitrogens with zero attached hydrogens (tertiary/aromatic N) is 3. The molecular weight excluding hydrogens is 418 g/mol. The summed E-state index contributed by atoms with van der Waals surface area (Å²) in [5.74, 6) is -0.758. The van der Waals surface area contributed by atoms with Crippen LogP contribution in [-0.4, -0.2) is 29.1 Å². The standard InChI is InChI=1S/C18H12BrN3O5/c19-12-3-7-13(8-4-12)21-15(23)9-18(17(21)24)10-27-20-16(18)11-1-5-14(6-2-11)22(25)26/h1-8H,9-10H2/t18-/m0/s1. The number of benzene rings is 2. The molecule has 2 aliphatic rings. The van der Waals surface area contributed by atoms with Crippen molar-refractivity contribution in [2.75, 3.05) is 11.5 Å². The van der Waals surface area contributed by atoms with Crippen LogP contribution in [0.4, 0.5) is 11.4 Å². The zero-order valence-electron chi connectivity index (χ0n) is 13.8. The SMILES string of the molecule is O=C1C[C@@]2(CON=C2c2ccc([N+](=O)[O-])cc2)C(=O)N1c1ccc(Br)cc1. The monoisotopic (exact) mass is 429 g/mol. The molecule has 1 fully saturated rings. The highest BCUT2D eigenvalue weighted by Crippen LogP contribution is 2.42. The second-order valence-corrected chi connectivity index (χ2v) is 7.20. The molecule has 0 unspecified atom stereocenters. The maximum atomic E-state index is 13.2. The zero-order chi connectivity index (χ0) is 19.2. The maximum absolute atomic E-state index is 13.2. The van der Waals surface area contributed by atoms with E-state index in [1.54, 1.807) is 24.3 Å². The molecule has 2 heterocycles. The molecule has 0 bridgehead atoms. The van der Waals surface area contributed by atoms with Crippen LogP contribution in [0.5, 0.6) is 0 Å². The Morgan fingerprint density at radius 1 is 1.11 bits per heavy atom. The predicted molar refractivity (Wildman–Crippen MR) is 99.3 cm³/mol. The molecule has 1 atom stereocenters. The molecule has 1 spiro atoms. The molecule has 0 aromatic heterocycles. The highest BCUT2D eigenvalue weighted by Gasteiger charge is 2.59. The second kappa shape index (κ2) is 6.27. The Bertz CT molecular complexity index is 987. The smallest absolute Gasteiger partial charge is 0.269 e. The molecule has 9 heteroatoms. The first-order valence-corrected chi connectivity index (χ1v) is 8.80. The van der Waals surface area contributed by atoms with Crippen molar-refractivity contribution in [3.63, 3.8) is 0 Å². The van der Waals surface area contributed by atoms with E-state index >= 15 is 0 Å². The van der Waals surface area contributed by atoms with Crippen LogP contribution < -0.4 is 4.90 Å². The number of non-ortho nitro benzene ring substituents is 1. The molecule has 0 radical (unpaired) electrons. The highest BCUT2D eigenvalue weighted by molar-refractivity contribution is 9.10. The van der Waals surface area contributed by atoms with Gasteiger partial charge in [-0.25, -0.2) is 4.90 Å². The van der Waals surface area contributed by atoms with E-state index in [1.807, 2.05) is 0 Å². The van der Waals surface area contributed by atoms with Gasteiger partial charge in [-0.15, -0.1) is 0 Å². The third-order valence-electron chi connectivity index (χ3n) is 4.67. The van der Waals surface area contributed by atoms with Crippen molar-refractivity contribution in [3.8, 4) is 0 Å². The summed E-state index contributed by atoms with van der Waals surface area (Å²) < 4.78 is 0.831. The third-order valence-corrected chi connectivity index (χ3v) is 5.20. The van der Waals surface area contributed by atoms with E-state index in [0.717, 1.165) is 9.37 Å². The minimum absolute atomic E-state index is 0.0447. The molecule has 27 heavy (non-hydrogen) atoms. The number of hydrogen-bond donors (Lipinski definition) is 0. The van der Waals surface area contributed by atoms with Crippen LogP contribution in [0.1, 0.15) is 12.0 Å². The first-order valence-electron chi connectivity index (χ1n) is 8.01. The quantitative estimate of drug-likeness (QED) is 0.423. The molecular formula is C18H12BrN3O5. The molecule has 2 amide bonds. The van der Waals surface area contributed by atoms with Gasteiger partial charge in [0.05, 0.1) is 17.0 Å². The minimum atomic E-state index is -1.22. The molecule has 0 N–H and O–H groups in total. The van der Waals surface area contributed by atoms with E-state index < -0.39 is 16.2 Å². The van der Waals surface area contributed by atoms with E-state index in [2.05, 4.69) is 21.1 Å². The van der Waals surface area contributed by atoms with Crippen molar-refractivity contribution in [3.05, 3.63) is 68.7 Å². The summed E-state index contributed by atoms with van der Waals surface area (Å²) in [6, 6.07) is 12.5. The van der Waals surface area contributed by atoms with Crippen molar-refractivity contribution in [1.82, 2.24) is 0 Å². The predicted octanol–water partition coefficient (Wildman–Crippen LogP) is 3.04. The normalized spacial score (nSPS) is 21.5. The summed E-state index contributed by atoms with van der Waals surface area (Å²) >= 11 is 3.32. The van der Waals surface area contributed by atoms with Crippen LogP contribution in [0.3, 0.4) is 0 Å². The van der Waals surface area contributed by atoms with Crippen molar-refractivity contribution in [2.45, 2.75) is 6.42 Å². The lowest BCUT2D eigenvalue weighted by atomic mass is 9.79. The first-order chi connectivity index (χ1) is 12.9. The minimum Gasteiger partial charge on any atom is -0.394 e. The lowest BCUT2D eigenvalue weighted by Crippen LogP contribution is -2.41. The molecule has 4 rings (SSSR count). The van der Waals surface area contributed by atoms with Crippen molar-refractivity contribution in [1.29, 1.82) is 0 Å².